The Morgan fingerprint density at radius 2 is 1.90 bits per heavy atom. The average molecular weight is 389 g/mol. The normalized spacial score (nSPS) is 15.4. The van der Waals surface area contributed by atoms with Gasteiger partial charge < -0.3 is 9.30 Å². The lowest BCUT2D eigenvalue weighted by atomic mass is 10.1. The molecule has 0 aliphatic carbocycles. The third-order valence-electron chi connectivity index (χ3n) is 5.86. The number of aryl methyl sites for hydroxylation is 2. The summed E-state index contributed by atoms with van der Waals surface area (Å²) in [7, 11) is 0. The van der Waals surface area contributed by atoms with E-state index in [1.165, 1.54) is 28.5 Å². The van der Waals surface area contributed by atoms with E-state index in [9.17, 15) is 4.79 Å². The Bertz CT molecular complexity index is 1190. The number of hydrogen-bond donors (Lipinski definition) is 0. The highest BCUT2D eigenvalue weighted by molar-refractivity contribution is 5.83. The number of fused-ring (bicyclic) bond motifs is 3. The number of hydrogen-bond acceptors (Lipinski definition) is 5. The highest BCUT2D eigenvalue weighted by Crippen LogP contribution is 2.24. The summed E-state index contributed by atoms with van der Waals surface area (Å²) in [5, 5.41) is 3.94. The van der Waals surface area contributed by atoms with E-state index in [-0.39, 0.29) is 6.03 Å². The zero-order valence-corrected chi connectivity index (χ0v) is 16.6. The fraction of sp³-hybridized carbons (Fsp3) is 0.333. The van der Waals surface area contributed by atoms with Crippen LogP contribution in [0.3, 0.4) is 0 Å². The Balaban J connectivity index is 1.39. The molecule has 148 valence electrons. The predicted molar refractivity (Wildman–Crippen MR) is 110 cm³/mol. The van der Waals surface area contributed by atoms with Gasteiger partial charge in [-0.2, -0.15) is 9.78 Å². The summed E-state index contributed by atoms with van der Waals surface area (Å²) >= 11 is 0. The van der Waals surface area contributed by atoms with Crippen molar-refractivity contribution in [3.63, 3.8) is 0 Å². The molecule has 0 N–H and O–H groups in total. The van der Waals surface area contributed by atoms with Crippen molar-refractivity contribution in [2.75, 3.05) is 26.2 Å². The van der Waals surface area contributed by atoms with Gasteiger partial charge in [0.2, 0.25) is 0 Å². The predicted octanol–water partition coefficient (Wildman–Crippen LogP) is 2.48. The minimum absolute atomic E-state index is 0.119. The Morgan fingerprint density at radius 3 is 2.66 bits per heavy atom. The SMILES string of the molecule is Cc1ccc2c(nc(CN3CCN(C(=O)n4cncn4)CC3)c3cccn32)c1C. The van der Waals surface area contributed by atoms with Crippen LogP contribution in [0.2, 0.25) is 0 Å². The fourth-order valence-corrected chi connectivity index (χ4v) is 4.02. The molecule has 1 aromatic carbocycles. The van der Waals surface area contributed by atoms with Crippen LogP contribution in [0.4, 0.5) is 4.79 Å². The Kier molecular flexibility index (Phi) is 4.28. The smallest absolute Gasteiger partial charge is 0.320 e. The molecular weight excluding hydrogens is 366 g/mol. The molecule has 3 aromatic heterocycles. The summed E-state index contributed by atoms with van der Waals surface area (Å²) in [6.07, 6.45) is 4.93. The summed E-state index contributed by atoms with van der Waals surface area (Å²) in [4.78, 5) is 25.5. The number of aromatic nitrogens is 5. The van der Waals surface area contributed by atoms with Gasteiger partial charge in [-0.25, -0.2) is 14.8 Å². The third kappa shape index (κ3) is 3.05. The fourth-order valence-electron chi connectivity index (χ4n) is 4.02. The van der Waals surface area contributed by atoms with Crippen molar-refractivity contribution in [3.05, 3.63) is 59.9 Å². The number of amides is 1. The molecule has 1 fully saturated rings. The first kappa shape index (κ1) is 17.8. The van der Waals surface area contributed by atoms with Crippen LogP contribution in [0.15, 0.2) is 43.1 Å². The first-order valence-electron chi connectivity index (χ1n) is 9.84. The largest absolute Gasteiger partial charge is 0.346 e. The molecule has 8 nitrogen and oxygen atoms in total. The van der Waals surface area contributed by atoms with Crippen molar-refractivity contribution < 1.29 is 4.79 Å². The van der Waals surface area contributed by atoms with Gasteiger partial charge in [-0.15, -0.1) is 0 Å². The van der Waals surface area contributed by atoms with Crippen molar-refractivity contribution >= 4 is 22.6 Å². The maximum Gasteiger partial charge on any atom is 0.346 e. The second-order valence-electron chi connectivity index (χ2n) is 7.58. The zero-order valence-electron chi connectivity index (χ0n) is 16.6. The monoisotopic (exact) mass is 389 g/mol. The van der Waals surface area contributed by atoms with Crippen LogP contribution in [-0.2, 0) is 6.54 Å². The Hall–Kier alpha value is -3.26. The van der Waals surface area contributed by atoms with E-state index in [2.05, 4.69) is 63.7 Å². The van der Waals surface area contributed by atoms with E-state index < -0.39 is 0 Å². The van der Waals surface area contributed by atoms with Crippen LogP contribution < -0.4 is 0 Å². The topological polar surface area (TPSA) is 71.6 Å². The molecule has 0 spiro atoms. The molecule has 5 rings (SSSR count). The second kappa shape index (κ2) is 6.97. The lowest BCUT2D eigenvalue weighted by molar-refractivity contribution is 0.134. The molecule has 0 atom stereocenters. The maximum atomic E-state index is 12.4. The number of rotatable bonds is 2. The van der Waals surface area contributed by atoms with Crippen LogP contribution in [0, 0.1) is 13.8 Å². The van der Waals surface area contributed by atoms with Gasteiger partial charge in [-0.3, -0.25) is 4.90 Å². The molecule has 0 saturated carbocycles. The molecule has 0 unspecified atom stereocenters. The van der Waals surface area contributed by atoms with Crippen molar-refractivity contribution in [2.24, 2.45) is 0 Å². The standard InChI is InChI=1S/C21H23N7O/c1-15-5-6-19-20(16(15)2)24-17(18-4-3-7-27(18)19)12-25-8-10-26(11-9-25)21(29)28-14-22-13-23-28/h3-7,13-14H,8-12H2,1-2H3. The third-order valence-corrected chi connectivity index (χ3v) is 5.86. The molecule has 4 aromatic rings. The van der Waals surface area contributed by atoms with Crippen LogP contribution >= 0.6 is 0 Å². The van der Waals surface area contributed by atoms with Gasteiger partial charge in [0.1, 0.15) is 12.7 Å². The number of nitrogens with zero attached hydrogens (tertiary/aromatic N) is 7. The summed E-state index contributed by atoms with van der Waals surface area (Å²) in [6.45, 7) is 7.98. The zero-order chi connectivity index (χ0) is 20.0. The van der Waals surface area contributed by atoms with Gasteiger partial charge in [0.15, 0.2) is 0 Å². The minimum atomic E-state index is -0.119. The first-order chi connectivity index (χ1) is 14.1. The van der Waals surface area contributed by atoms with Gasteiger partial charge in [0, 0.05) is 38.9 Å². The van der Waals surface area contributed by atoms with E-state index in [1.807, 2.05) is 4.90 Å². The van der Waals surface area contributed by atoms with Gasteiger partial charge in [0.05, 0.1) is 22.2 Å². The molecule has 1 saturated heterocycles. The quantitative estimate of drug-likeness (QED) is 0.527. The molecule has 29 heavy (non-hydrogen) atoms. The van der Waals surface area contributed by atoms with Crippen molar-refractivity contribution in [3.8, 4) is 0 Å². The summed E-state index contributed by atoms with van der Waals surface area (Å²) in [6, 6.07) is 8.39. The second-order valence-corrected chi connectivity index (χ2v) is 7.58. The van der Waals surface area contributed by atoms with Gasteiger partial charge in [-0.05, 0) is 43.2 Å². The lowest BCUT2D eigenvalue weighted by Gasteiger charge is -2.34. The van der Waals surface area contributed by atoms with Crippen LogP contribution in [0.1, 0.15) is 16.8 Å². The average Bonchev–Trinajstić information content (AvgIpc) is 3.43. The lowest BCUT2D eigenvalue weighted by Crippen LogP contribution is -2.49. The molecule has 1 amide bonds. The van der Waals surface area contributed by atoms with E-state index in [1.54, 1.807) is 0 Å². The van der Waals surface area contributed by atoms with E-state index in [0.29, 0.717) is 13.1 Å². The van der Waals surface area contributed by atoms with E-state index in [0.717, 1.165) is 41.9 Å². The van der Waals surface area contributed by atoms with Gasteiger partial charge in [0.25, 0.3) is 0 Å². The van der Waals surface area contributed by atoms with E-state index >= 15 is 0 Å². The Morgan fingerprint density at radius 1 is 1.07 bits per heavy atom. The number of benzene rings is 1. The number of carbonyl (C=O) groups excluding carboxylic acids is 1. The van der Waals surface area contributed by atoms with Crippen molar-refractivity contribution in [1.82, 2.24) is 33.9 Å². The van der Waals surface area contributed by atoms with Crippen molar-refractivity contribution in [1.29, 1.82) is 0 Å². The first-order valence-corrected chi connectivity index (χ1v) is 9.84. The minimum Gasteiger partial charge on any atom is -0.320 e. The summed E-state index contributed by atoms with van der Waals surface area (Å²) in [5.74, 6) is 0. The molecule has 1 aliphatic heterocycles. The van der Waals surface area contributed by atoms with Gasteiger partial charge >= 0.3 is 6.03 Å². The molecular formula is C21H23N7O. The highest BCUT2D eigenvalue weighted by atomic mass is 16.2. The number of carbonyl (C=O) groups is 1. The van der Waals surface area contributed by atoms with Crippen LogP contribution in [-0.4, -0.2) is 66.2 Å². The van der Waals surface area contributed by atoms with E-state index in [4.69, 9.17) is 4.98 Å². The molecule has 4 heterocycles. The van der Waals surface area contributed by atoms with Crippen LogP contribution in [0.25, 0.3) is 16.6 Å². The Labute approximate surface area is 168 Å². The summed E-state index contributed by atoms with van der Waals surface area (Å²) < 4.78 is 3.52. The summed E-state index contributed by atoms with van der Waals surface area (Å²) in [5.41, 5.74) is 6.89. The maximum absolute atomic E-state index is 12.4. The van der Waals surface area contributed by atoms with Crippen LogP contribution in [0.5, 0.6) is 0 Å². The van der Waals surface area contributed by atoms with Gasteiger partial charge in [-0.1, -0.05) is 6.07 Å². The molecule has 0 bridgehead atoms. The molecule has 1 aliphatic rings. The molecule has 8 heteroatoms. The highest BCUT2D eigenvalue weighted by Gasteiger charge is 2.23. The molecule has 0 radical (unpaired) electrons. The van der Waals surface area contributed by atoms with Crippen molar-refractivity contribution in [2.45, 2.75) is 20.4 Å². The number of piperazine rings is 1.